The Labute approximate surface area is 200 Å². The molecule has 1 atom stereocenters. The van der Waals surface area contributed by atoms with E-state index in [0.29, 0.717) is 12.1 Å². The number of carbonyl (C=O) groups is 1. The molecule has 1 amide bonds. The van der Waals surface area contributed by atoms with Gasteiger partial charge in [-0.2, -0.15) is 5.10 Å². The van der Waals surface area contributed by atoms with Crippen LogP contribution in [0.15, 0.2) is 54.6 Å². The van der Waals surface area contributed by atoms with Crippen LogP contribution in [0, 0.1) is 6.92 Å². The molecule has 178 valence electrons. The predicted molar refractivity (Wildman–Crippen MR) is 135 cm³/mol. The molecule has 0 radical (unpaired) electrons. The Balaban J connectivity index is 1.39. The molecular formula is C26H30N4O3S. The molecule has 34 heavy (non-hydrogen) atoms. The van der Waals surface area contributed by atoms with Crippen molar-refractivity contribution >= 4 is 27.1 Å². The van der Waals surface area contributed by atoms with Crippen molar-refractivity contribution in [3.8, 4) is 11.3 Å². The van der Waals surface area contributed by atoms with Crippen LogP contribution in [-0.2, 0) is 9.84 Å². The van der Waals surface area contributed by atoms with Crippen LogP contribution >= 0.6 is 0 Å². The van der Waals surface area contributed by atoms with Crippen LogP contribution in [0.2, 0.25) is 0 Å². The first-order valence-electron chi connectivity index (χ1n) is 11.9. The van der Waals surface area contributed by atoms with Gasteiger partial charge >= 0.3 is 0 Å². The fourth-order valence-electron chi connectivity index (χ4n) is 4.79. The molecule has 7 nitrogen and oxygen atoms in total. The van der Waals surface area contributed by atoms with Crippen LogP contribution in [0.1, 0.15) is 47.8 Å². The molecule has 1 N–H and O–H groups in total. The lowest BCUT2D eigenvalue weighted by Gasteiger charge is -2.28. The van der Waals surface area contributed by atoms with Gasteiger partial charge in [-0.05, 0) is 68.5 Å². The Hall–Kier alpha value is -3.13. The Bertz CT molecular complexity index is 1270. The number of aryl methyl sites for hydroxylation is 1. The molecule has 2 aliphatic heterocycles. The Morgan fingerprint density at radius 2 is 1.71 bits per heavy atom. The number of benzene rings is 2. The number of nitrogens with zero attached hydrogens (tertiary/aromatic N) is 3. The quantitative estimate of drug-likeness (QED) is 0.585. The number of sulfone groups is 1. The van der Waals surface area contributed by atoms with E-state index < -0.39 is 9.84 Å². The van der Waals surface area contributed by atoms with Gasteiger partial charge in [0.25, 0.3) is 5.91 Å². The van der Waals surface area contributed by atoms with Crippen molar-refractivity contribution < 1.29 is 13.2 Å². The first-order chi connectivity index (χ1) is 16.4. The molecule has 2 fully saturated rings. The zero-order valence-corrected chi connectivity index (χ0v) is 20.2. The highest BCUT2D eigenvalue weighted by atomic mass is 32.2. The highest BCUT2D eigenvalue weighted by molar-refractivity contribution is 7.91. The normalized spacial score (nSPS) is 19.8. The van der Waals surface area contributed by atoms with Gasteiger partial charge in [0, 0.05) is 24.5 Å². The number of aromatic nitrogens is 2. The lowest BCUT2D eigenvalue weighted by molar-refractivity contribution is 0.102. The summed E-state index contributed by atoms with van der Waals surface area (Å²) < 4.78 is 25.9. The third kappa shape index (κ3) is 4.87. The van der Waals surface area contributed by atoms with Crippen molar-refractivity contribution in [2.75, 3.05) is 34.8 Å². The van der Waals surface area contributed by atoms with Crippen LogP contribution in [0.5, 0.6) is 0 Å². The summed E-state index contributed by atoms with van der Waals surface area (Å²) in [5.74, 6) is -0.110. The lowest BCUT2D eigenvalue weighted by Crippen LogP contribution is -2.29. The molecule has 8 heteroatoms. The van der Waals surface area contributed by atoms with E-state index >= 15 is 0 Å². The van der Waals surface area contributed by atoms with Gasteiger partial charge in [-0.15, -0.1) is 0 Å². The largest absolute Gasteiger partial charge is 0.372 e. The number of rotatable bonds is 5. The molecule has 3 aromatic rings. The average molecular weight is 479 g/mol. The number of hydrogen-bond acceptors (Lipinski definition) is 5. The van der Waals surface area contributed by atoms with Crippen LogP contribution in [-0.4, -0.2) is 48.7 Å². The zero-order valence-electron chi connectivity index (χ0n) is 19.4. The summed E-state index contributed by atoms with van der Waals surface area (Å²) in [6.45, 7) is 4.16. The first-order valence-corrected chi connectivity index (χ1v) is 13.7. The van der Waals surface area contributed by atoms with E-state index in [1.807, 2.05) is 55.5 Å². The van der Waals surface area contributed by atoms with Crippen LogP contribution in [0.4, 0.5) is 11.4 Å². The fourth-order valence-corrected chi connectivity index (χ4v) is 6.49. The van der Waals surface area contributed by atoms with E-state index in [4.69, 9.17) is 0 Å². The molecule has 5 rings (SSSR count). The fraction of sp³-hybridized carbons (Fsp3) is 0.385. The molecule has 2 saturated heterocycles. The van der Waals surface area contributed by atoms with E-state index in [1.165, 1.54) is 24.9 Å². The molecule has 0 unspecified atom stereocenters. The van der Waals surface area contributed by atoms with Crippen molar-refractivity contribution in [2.45, 2.75) is 38.6 Å². The second-order valence-corrected chi connectivity index (χ2v) is 11.6. The second-order valence-electron chi connectivity index (χ2n) is 9.33. The number of piperidine rings is 1. The van der Waals surface area contributed by atoms with Crippen LogP contribution in [0.25, 0.3) is 11.3 Å². The van der Waals surface area contributed by atoms with Gasteiger partial charge in [-0.1, -0.05) is 29.8 Å². The lowest BCUT2D eigenvalue weighted by atomic mass is 10.1. The number of anilines is 2. The summed E-state index contributed by atoms with van der Waals surface area (Å²) in [7, 11) is -3.09. The topological polar surface area (TPSA) is 84.3 Å². The number of carbonyl (C=O) groups excluding carboxylic acids is 1. The van der Waals surface area contributed by atoms with Crippen molar-refractivity contribution in [1.29, 1.82) is 0 Å². The zero-order chi connectivity index (χ0) is 23.7. The molecule has 0 aliphatic carbocycles. The van der Waals surface area contributed by atoms with Crippen molar-refractivity contribution in [2.24, 2.45) is 0 Å². The molecule has 2 aliphatic rings. The second kappa shape index (κ2) is 9.25. The molecule has 1 aromatic heterocycles. The Morgan fingerprint density at radius 1 is 1.00 bits per heavy atom. The minimum Gasteiger partial charge on any atom is -0.372 e. The number of nitrogens with one attached hydrogen (secondary N) is 1. The Kier molecular flexibility index (Phi) is 6.16. The standard InChI is InChI=1S/C26H30N4O3S/c1-19-5-7-20(8-6-19)25-17-24(28-30(25)23-13-16-34(32,33)18-23)26(31)27-21-9-11-22(12-10-21)29-14-3-2-4-15-29/h5-12,17,23H,2-4,13-16,18H2,1H3,(H,27,31)/t23-/m0/s1. The molecule has 0 spiro atoms. The highest BCUT2D eigenvalue weighted by Crippen LogP contribution is 2.30. The summed E-state index contributed by atoms with van der Waals surface area (Å²) in [4.78, 5) is 15.5. The van der Waals surface area contributed by atoms with Gasteiger partial charge in [-0.3, -0.25) is 9.48 Å². The van der Waals surface area contributed by atoms with E-state index in [0.717, 1.165) is 29.9 Å². The molecule has 3 heterocycles. The molecule has 2 aromatic carbocycles. The highest BCUT2D eigenvalue weighted by Gasteiger charge is 2.32. The number of amides is 1. The van der Waals surface area contributed by atoms with Crippen molar-refractivity contribution in [1.82, 2.24) is 9.78 Å². The van der Waals surface area contributed by atoms with Gasteiger partial charge in [0.15, 0.2) is 15.5 Å². The van der Waals surface area contributed by atoms with E-state index in [1.54, 1.807) is 10.7 Å². The third-order valence-electron chi connectivity index (χ3n) is 6.72. The smallest absolute Gasteiger partial charge is 0.276 e. The van der Waals surface area contributed by atoms with Crippen molar-refractivity contribution in [3.63, 3.8) is 0 Å². The first kappa shape index (κ1) is 22.7. The molecular weight excluding hydrogens is 448 g/mol. The maximum Gasteiger partial charge on any atom is 0.276 e. The Morgan fingerprint density at radius 3 is 2.35 bits per heavy atom. The van der Waals surface area contributed by atoms with Gasteiger partial charge in [0.05, 0.1) is 23.2 Å². The van der Waals surface area contributed by atoms with E-state index in [9.17, 15) is 13.2 Å². The maximum atomic E-state index is 13.1. The average Bonchev–Trinajstić information content (AvgIpc) is 3.44. The summed E-state index contributed by atoms with van der Waals surface area (Å²) in [5.41, 5.74) is 4.95. The third-order valence-corrected chi connectivity index (χ3v) is 8.47. The minimum absolute atomic E-state index is 0.0482. The summed E-state index contributed by atoms with van der Waals surface area (Å²) in [6, 6.07) is 17.4. The van der Waals surface area contributed by atoms with Gasteiger partial charge < -0.3 is 10.2 Å². The molecule has 0 saturated carbocycles. The van der Waals surface area contributed by atoms with Gasteiger partial charge in [-0.25, -0.2) is 8.42 Å². The predicted octanol–water partition coefficient (Wildman–Crippen LogP) is 4.46. The van der Waals surface area contributed by atoms with Gasteiger partial charge in [0.1, 0.15) is 0 Å². The van der Waals surface area contributed by atoms with Crippen LogP contribution < -0.4 is 10.2 Å². The number of hydrogen-bond donors (Lipinski definition) is 1. The van der Waals surface area contributed by atoms with E-state index in [-0.39, 0.29) is 29.1 Å². The summed E-state index contributed by atoms with van der Waals surface area (Å²) in [5, 5.41) is 7.52. The van der Waals surface area contributed by atoms with E-state index in [2.05, 4.69) is 15.3 Å². The maximum absolute atomic E-state index is 13.1. The van der Waals surface area contributed by atoms with Crippen LogP contribution in [0.3, 0.4) is 0 Å². The minimum atomic E-state index is -3.09. The van der Waals surface area contributed by atoms with Gasteiger partial charge in [0.2, 0.25) is 0 Å². The summed E-state index contributed by atoms with van der Waals surface area (Å²) >= 11 is 0. The van der Waals surface area contributed by atoms with Crippen molar-refractivity contribution in [3.05, 3.63) is 65.9 Å². The SMILES string of the molecule is Cc1ccc(-c2cc(C(=O)Nc3ccc(N4CCCCC4)cc3)nn2[C@H]2CCS(=O)(=O)C2)cc1. The monoisotopic (exact) mass is 478 g/mol. The molecule has 0 bridgehead atoms. The summed E-state index contributed by atoms with van der Waals surface area (Å²) in [6.07, 6.45) is 4.22.